The van der Waals surface area contributed by atoms with Gasteiger partial charge in [-0.05, 0) is 28.9 Å². The van der Waals surface area contributed by atoms with Crippen molar-refractivity contribution in [1.29, 1.82) is 0 Å². The molecule has 1 heterocycles. The molecule has 2 nitrogen and oxygen atoms in total. The molecule has 0 bridgehead atoms. The van der Waals surface area contributed by atoms with Crippen LogP contribution < -0.4 is 0 Å². The van der Waals surface area contributed by atoms with Gasteiger partial charge < -0.3 is 0 Å². The van der Waals surface area contributed by atoms with Crippen LogP contribution in [0.5, 0.6) is 0 Å². The van der Waals surface area contributed by atoms with Gasteiger partial charge in [0.15, 0.2) is 0 Å². The standard InChI is InChI=1S/C11H10BrFN2/c1-2-15-7-8(6-14-15)9-4-3-5-10(12)11(9)13/h3-7H,2H2,1H3. The Morgan fingerprint density at radius 3 is 2.93 bits per heavy atom. The van der Waals surface area contributed by atoms with E-state index in [1.54, 1.807) is 23.0 Å². The molecule has 4 heteroatoms. The summed E-state index contributed by atoms with van der Waals surface area (Å²) in [4.78, 5) is 0. The van der Waals surface area contributed by atoms with E-state index < -0.39 is 0 Å². The lowest BCUT2D eigenvalue weighted by molar-refractivity contribution is 0.624. The van der Waals surface area contributed by atoms with Gasteiger partial charge in [-0.3, -0.25) is 4.68 Å². The monoisotopic (exact) mass is 268 g/mol. The van der Waals surface area contributed by atoms with Crippen LogP contribution in [0.15, 0.2) is 35.1 Å². The maximum Gasteiger partial charge on any atom is 0.145 e. The fourth-order valence-electron chi connectivity index (χ4n) is 1.40. The van der Waals surface area contributed by atoms with E-state index in [1.807, 2.05) is 19.2 Å². The van der Waals surface area contributed by atoms with E-state index in [1.165, 1.54) is 0 Å². The fraction of sp³-hybridized carbons (Fsp3) is 0.182. The molecule has 1 aromatic heterocycles. The lowest BCUT2D eigenvalue weighted by Gasteiger charge is -2.01. The van der Waals surface area contributed by atoms with Crippen LogP contribution in [0.25, 0.3) is 11.1 Å². The molecule has 0 amide bonds. The van der Waals surface area contributed by atoms with E-state index in [4.69, 9.17) is 0 Å². The third kappa shape index (κ3) is 1.95. The normalized spacial score (nSPS) is 10.6. The molecule has 0 unspecified atom stereocenters. The number of benzene rings is 1. The zero-order valence-corrected chi connectivity index (χ0v) is 9.83. The second kappa shape index (κ2) is 4.14. The Bertz CT molecular complexity index is 479. The minimum Gasteiger partial charge on any atom is -0.272 e. The van der Waals surface area contributed by atoms with Gasteiger partial charge in [0.1, 0.15) is 5.82 Å². The van der Waals surface area contributed by atoms with Crippen molar-refractivity contribution in [2.45, 2.75) is 13.5 Å². The second-order valence-electron chi connectivity index (χ2n) is 3.19. The van der Waals surface area contributed by atoms with E-state index in [2.05, 4.69) is 21.0 Å². The highest BCUT2D eigenvalue weighted by Gasteiger charge is 2.09. The van der Waals surface area contributed by atoms with Crippen LogP contribution >= 0.6 is 15.9 Å². The minimum absolute atomic E-state index is 0.242. The highest BCUT2D eigenvalue weighted by atomic mass is 79.9. The first kappa shape index (κ1) is 10.4. The zero-order valence-electron chi connectivity index (χ0n) is 8.24. The summed E-state index contributed by atoms with van der Waals surface area (Å²) in [5.41, 5.74) is 1.37. The smallest absolute Gasteiger partial charge is 0.145 e. The molecule has 0 saturated heterocycles. The Kier molecular flexibility index (Phi) is 2.86. The molecule has 0 radical (unpaired) electrons. The van der Waals surface area contributed by atoms with Gasteiger partial charge in [0.05, 0.1) is 10.7 Å². The Balaban J connectivity index is 2.49. The summed E-state index contributed by atoms with van der Waals surface area (Å²) < 4.78 is 16.0. The maximum atomic E-state index is 13.7. The first-order valence-electron chi connectivity index (χ1n) is 4.69. The van der Waals surface area contributed by atoms with Gasteiger partial charge in [0, 0.05) is 23.9 Å². The molecule has 78 valence electrons. The van der Waals surface area contributed by atoms with Crippen molar-refractivity contribution in [1.82, 2.24) is 9.78 Å². The summed E-state index contributed by atoms with van der Waals surface area (Å²) in [5.74, 6) is -0.242. The Morgan fingerprint density at radius 1 is 1.47 bits per heavy atom. The van der Waals surface area contributed by atoms with Crippen LogP contribution in [0.3, 0.4) is 0 Å². The van der Waals surface area contributed by atoms with Crippen LogP contribution in [0.1, 0.15) is 6.92 Å². The Morgan fingerprint density at radius 2 is 2.27 bits per heavy atom. The van der Waals surface area contributed by atoms with Crippen LogP contribution in [0.4, 0.5) is 4.39 Å². The summed E-state index contributed by atoms with van der Waals surface area (Å²) in [7, 11) is 0. The summed E-state index contributed by atoms with van der Waals surface area (Å²) in [6, 6.07) is 5.24. The van der Waals surface area contributed by atoms with Crippen molar-refractivity contribution in [3.05, 3.63) is 40.9 Å². The predicted molar refractivity (Wildman–Crippen MR) is 61.0 cm³/mol. The average molecular weight is 269 g/mol. The number of nitrogens with zero attached hydrogens (tertiary/aromatic N) is 2. The van der Waals surface area contributed by atoms with Crippen molar-refractivity contribution < 1.29 is 4.39 Å². The largest absolute Gasteiger partial charge is 0.272 e. The molecule has 2 aromatic rings. The van der Waals surface area contributed by atoms with E-state index in [0.29, 0.717) is 10.0 Å². The first-order valence-corrected chi connectivity index (χ1v) is 5.48. The SMILES string of the molecule is CCn1cc(-c2cccc(Br)c2F)cn1. The predicted octanol–water partition coefficient (Wildman–Crippen LogP) is 3.47. The average Bonchev–Trinajstić information content (AvgIpc) is 2.70. The van der Waals surface area contributed by atoms with Crippen LogP contribution in [0, 0.1) is 5.82 Å². The topological polar surface area (TPSA) is 17.8 Å². The van der Waals surface area contributed by atoms with E-state index in [0.717, 1.165) is 12.1 Å². The van der Waals surface area contributed by atoms with Crippen molar-refractivity contribution in [2.75, 3.05) is 0 Å². The minimum atomic E-state index is -0.242. The third-order valence-electron chi connectivity index (χ3n) is 2.22. The summed E-state index contributed by atoms with van der Waals surface area (Å²) in [6.45, 7) is 2.78. The summed E-state index contributed by atoms with van der Waals surface area (Å²) in [5, 5.41) is 4.12. The van der Waals surface area contributed by atoms with Crippen molar-refractivity contribution >= 4 is 15.9 Å². The molecular weight excluding hydrogens is 259 g/mol. The van der Waals surface area contributed by atoms with Gasteiger partial charge in [-0.15, -0.1) is 0 Å². The highest BCUT2D eigenvalue weighted by molar-refractivity contribution is 9.10. The van der Waals surface area contributed by atoms with E-state index >= 15 is 0 Å². The van der Waals surface area contributed by atoms with Gasteiger partial charge in [0.2, 0.25) is 0 Å². The Labute approximate surface area is 95.9 Å². The van der Waals surface area contributed by atoms with Crippen molar-refractivity contribution in [3.63, 3.8) is 0 Å². The van der Waals surface area contributed by atoms with Crippen LogP contribution in [-0.2, 0) is 6.54 Å². The molecular formula is C11H10BrFN2. The second-order valence-corrected chi connectivity index (χ2v) is 4.04. The lowest BCUT2D eigenvalue weighted by atomic mass is 10.1. The van der Waals surface area contributed by atoms with Crippen molar-refractivity contribution in [2.24, 2.45) is 0 Å². The molecule has 0 aliphatic carbocycles. The summed E-state index contributed by atoms with van der Waals surface area (Å²) in [6.07, 6.45) is 3.51. The Hall–Kier alpha value is -1.16. The number of aromatic nitrogens is 2. The van der Waals surface area contributed by atoms with Gasteiger partial charge in [0.25, 0.3) is 0 Å². The highest BCUT2D eigenvalue weighted by Crippen LogP contribution is 2.27. The number of hydrogen-bond donors (Lipinski definition) is 0. The van der Waals surface area contributed by atoms with E-state index in [-0.39, 0.29) is 5.82 Å². The fourth-order valence-corrected chi connectivity index (χ4v) is 1.77. The molecule has 0 aliphatic heterocycles. The molecule has 15 heavy (non-hydrogen) atoms. The quantitative estimate of drug-likeness (QED) is 0.816. The number of hydrogen-bond acceptors (Lipinski definition) is 1. The van der Waals surface area contributed by atoms with Crippen LogP contribution in [0.2, 0.25) is 0 Å². The molecule has 0 aliphatic rings. The summed E-state index contributed by atoms with van der Waals surface area (Å²) >= 11 is 3.16. The molecule has 0 N–H and O–H groups in total. The van der Waals surface area contributed by atoms with Gasteiger partial charge in [-0.2, -0.15) is 5.10 Å². The number of aryl methyl sites for hydroxylation is 1. The van der Waals surface area contributed by atoms with Crippen LogP contribution in [-0.4, -0.2) is 9.78 Å². The lowest BCUT2D eigenvalue weighted by Crippen LogP contribution is -1.92. The molecule has 0 fully saturated rings. The maximum absolute atomic E-state index is 13.7. The van der Waals surface area contributed by atoms with Gasteiger partial charge in [-0.25, -0.2) is 4.39 Å². The molecule has 0 spiro atoms. The molecule has 0 atom stereocenters. The zero-order chi connectivity index (χ0) is 10.8. The molecule has 0 saturated carbocycles. The van der Waals surface area contributed by atoms with Gasteiger partial charge in [-0.1, -0.05) is 12.1 Å². The molecule has 1 aromatic carbocycles. The number of halogens is 2. The number of rotatable bonds is 2. The van der Waals surface area contributed by atoms with Crippen molar-refractivity contribution in [3.8, 4) is 11.1 Å². The third-order valence-corrected chi connectivity index (χ3v) is 2.83. The van der Waals surface area contributed by atoms with Gasteiger partial charge >= 0.3 is 0 Å². The molecule has 2 rings (SSSR count). The van der Waals surface area contributed by atoms with E-state index in [9.17, 15) is 4.39 Å². The first-order chi connectivity index (χ1) is 7.22.